The first-order chi connectivity index (χ1) is 6.99. The van der Waals surface area contributed by atoms with Crippen LogP contribution < -0.4 is 5.73 Å². The molecule has 0 radical (unpaired) electrons. The first-order valence-electron chi connectivity index (χ1n) is 3.79. The molecular formula is C8H7F2IN2O2. The molecule has 0 aliphatic rings. The molecule has 0 saturated carbocycles. The number of rotatable bonds is 2. The summed E-state index contributed by atoms with van der Waals surface area (Å²) in [7, 11) is 1.14. The van der Waals surface area contributed by atoms with E-state index < -0.39 is 18.0 Å². The van der Waals surface area contributed by atoms with E-state index in [2.05, 4.69) is 9.72 Å². The summed E-state index contributed by atoms with van der Waals surface area (Å²) in [5.74, 6) is -0.779. The Morgan fingerprint density at radius 1 is 1.67 bits per heavy atom. The molecule has 7 heteroatoms. The van der Waals surface area contributed by atoms with Gasteiger partial charge in [-0.25, -0.2) is 18.6 Å². The van der Waals surface area contributed by atoms with Crippen molar-refractivity contribution in [2.45, 2.75) is 6.43 Å². The molecule has 0 aliphatic carbocycles. The predicted molar refractivity (Wildman–Crippen MR) is 57.7 cm³/mol. The SMILES string of the molecule is COC(=O)c1cnc(I)c(C(F)F)c1N. The van der Waals surface area contributed by atoms with Gasteiger partial charge in [-0.05, 0) is 22.6 Å². The maximum Gasteiger partial charge on any atom is 0.341 e. The molecule has 0 atom stereocenters. The Balaban J connectivity index is 3.35. The number of hydrogen-bond donors (Lipinski definition) is 1. The van der Waals surface area contributed by atoms with Gasteiger partial charge in [-0.15, -0.1) is 0 Å². The van der Waals surface area contributed by atoms with Crippen LogP contribution in [0.2, 0.25) is 0 Å². The van der Waals surface area contributed by atoms with Crippen LogP contribution in [0.25, 0.3) is 0 Å². The summed E-state index contributed by atoms with van der Waals surface area (Å²) in [5, 5.41) is 0. The minimum Gasteiger partial charge on any atom is -0.465 e. The Hall–Kier alpha value is -0.990. The van der Waals surface area contributed by atoms with E-state index in [0.29, 0.717) is 0 Å². The van der Waals surface area contributed by atoms with Crippen molar-refractivity contribution in [3.63, 3.8) is 0 Å². The maximum atomic E-state index is 12.6. The second kappa shape index (κ2) is 4.69. The number of anilines is 1. The van der Waals surface area contributed by atoms with Gasteiger partial charge >= 0.3 is 5.97 Å². The standard InChI is InChI=1S/C8H7F2IN2O2/c1-15-8(14)3-2-13-7(11)4(5(3)12)6(9)10/h2,6H,1H3,(H2,12,13). The lowest BCUT2D eigenvalue weighted by atomic mass is 10.1. The summed E-state index contributed by atoms with van der Waals surface area (Å²) < 4.78 is 29.6. The van der Waals surface area contributed by atoms with Crippen LogP contribution in [0.1, 0.15) is 22.3 Å². The van der Waals surface area contributed by atoms with Crippen LogP contribution in [0.3, 0.4) is 0 Å². The lowest BCUT2D eigenvalue weighted by molar-refractivity contribution is 0.0601. The van der Waals surface area contributed by atoms with E-state index in [4.69, 9.17) is 5.73 Å². The van der Waals surface area contributed by atoms with Gasteiger partial charge in [0.05, 0.1) is 18.4 Å². The van der Waals surface area contributed by atoms with Gasteiger partial charge in [0.15, 0.2) is 0 Å². The second-order valence-electron chi connectivity index (χ2n) is 2.58. The molecule has 15 heavy (non-hydrogen) atoms. The molecule has 1 rings (SSSR count). The highest BCUT2D eigenvalue weighted by Crippen LogP contribution is 2.30. The molecule has 0 aromatic carbocycles. The van der Waals surface area contributed by atoms with Gasteiger partial charge in [-0.3, -0.25) is 0 Å². The molecule has 1 aromatic heterocycles. The molecule has 1 heterocycles. The smallest absolute Gasteiger partial charge is 0.341 e. The number of nitrogen functional groups attached to an aromatic ring is 1. The number of halogens is 3. The number of ether oxygens (including phenoxy) is 1. The minimum absolute atomic E-state index is 0.0766. The highest BCUT2D eigenvalue weighted by atomic mass is 127. The Morgan fingerprint density at radius 3 is 2.73 bits per heavy atom. The van der Waals surface area contributed by atoms with Crippen molar-refractivity contribution in [1.29, 1.82) is 0 Å². The van der Waals surface area contributed by atoms with Gasteiger partial charge in [-0.1, -0.05) is 0 Å². The molecule has 1 aromatic rings. The van der Waals surface area contributed by atoms with E-state index in [-0.39, 0.29) is 15.0 Å². The molecule has 0 amide bonds. The van der Waals surface area contributed by atoms with Gasteiger partial charge in [0, 0.05) is 6.20 Å². The highest BCUT2D eigenvalue weighted by Gasteiger charge is 2.22. The molecule has 2 N–H and O–H groups in total. The monoisotopic (exact) mass is 328 g/mol. The summed E-state index contributed by atoms with van der Waals surface area (Å²) in [6.07, 6.45) is -1.65. The zero-order chi connectivity index (χ0) is 11.6. The number of methoxy groups -OCH3 is 1. The van der Waals surface area contributed by atoms with E-state index in [1.807, 2.05) is 0 Å². The van der Waals surface area contributed by atoms with E-state index in [1.165, 1.54) is 0 Å². The third kappa shape index (κ3) is 2.33. The number of esters is 1. The van der Waals surface area contributed by atoms with Gasteiger partial charge in [0.2, 0.25) is 0 Å². The third-order valence-corrected chi connectivity index (χ3v) is 2.59. The van der Waals surface area contributed by atoms with Crippen LogP contribution in [-0.2, 0) is 4.74 Å². The fourth-order valence-electron chi connectivity index (χ4n) is 0.997. The van der Waals surface area contributed by atoms with Crippen LogP contribution in [-0.4, -0.2) is 18.1 Å². The van der Waals surface area contributed by atoms with Gasteiger partial charge in [0.1, 0.15) is 9.26 Å². The molecular weight excluding hydrogens is 321 g/mol. The molecule has 82 valence electrons. The van der Waals surface area contributed by atoms with Crippen molar-refractivity contribution < 1.29 is 18.3 Å². The first-order valence-corrected chi connectivity index (χ1v) is 4.87. The zero-order valence-electron chi connectivity index (χ0n) is 7.63. The van der Waals surface area contributed by atoms with Crippen molar-refractivity contribution in [3.8, 4) is 0 Å². The first kappa shape index (κ1) is 12.1. The van der Waals surface area contributed by atoms with Crippen molar-refractivity contribution >= 4 is 34.2 Å². The van der Waals surface area contributed by atoms with Crippen LogP contribution >= 0.6 is 22.6 Å². The Bertz CT molecular complexity index is 398. The molecule has 0 fully saturated rings. The average molecular weight is 328 g/mol. The summed E-state index contributed by atoms with van der Waals surface area (Å²) in [5.41, 5.74) is 4.58. The van der Waals surface area contributed by atoms with Gasteiger partial charge in [-0.2, -0.15) is 0 Å². The average Bonchev–Trinajstić information content (AvgIpc) is 2.16. The fourth-order valence-corrected chi connectivity index (χ4v) is 1.66. The fraction of sp³-hybridized carbons (Fsp3) is 0.250. The number of alkyl halides is 2. The Kier molecular flexibility index (Phi) is 3.77. The van der Waals surface area contributed by atoms with Crippen molar-refractivity contribution in [2.75, 3.05) is 12.8 Å². The maximum absolute atomic E-state index is 12.6. The summed E-state index contributed by atoms with van der Waals surface area (Å²) in [6, 6.07) is 0. The number of pyridine rings is 1. The normalized spacial score (nSPS) is 10.5. The third-order valence-electron chi connectivity index (χ3n) is 1.73. The number of aromatic nitrogens is 1. The number of carbonyl (C=O) groups excluding carboxylic acids is 1. The van der Waals surface area contributed by atoms with Crippen LogP contribution in [0.4, 0.5) is 14.5 Å². The topological polar surface area (TPSA) is 65.2 Å². The highest BCUT2D eigenvalue weighted by molar-refractivity contribution is 14.1. The van der Waals surface area contributed by atoms with E-state index >= 15 is 0 Å². The lowest BCUT2D eigenvalue weighted by Crippen LogP contribution is -2.11. The van der Waals surface area contributed by atoms with Gasteiger partial charge < -0.3 is 10.5 Å². The van der Waals surface area contributed by atoms with Crippen molar-refractivity contribution in [3.05, 3.63) is 21.0 Å². The minimum atomic E-state index is -2.77. The zero-order valence-corrected chi connectivity index (χ0v) is 9.79. The largest absolute Gasteiger partial charge is 0.465 e. The molecule has 0 spiro atoms. The molecule has 0 saturated heterocycles. The molecule has 0 unspecified atom stereocenters. The Morgan fingerprint density at radius 2 is 2.27 bits per heavy atom. The number of nitrogens with two attached hydrogens (primary N) is 1. The molecule has 4 nitrogen and oxygen atoms in total. The summed E-state index contributed by atoms with van der Waals surface area (Å²) in [6.45, 7) is 0. The quantitative estimate of drug-likeness (QED) is 0.512. The van der Waals surface area contributed by atoms with Crippen LogP contribution in [0, 0.1) is 3.70 Å². The number of nitrogens with zero attached hydrogens (tertiary/aromatic N) is 1. The van der Waals surface area contributed by atoms with Gasteiger partial charge in [0.25, 0.3) is 6.43 Å². The summed E-state index contributed by atoms with van der Waals surface area (Å²) >= 11 is 1.63. The number of hydrogen-bond acceptors (Lipinski definition) is 4. The van der Waals surface area contributed by atoms with Crippen molar-refractivity contribution in [2.24, 2.45) is 0 Å². The number of carbonyl (C=O) groups is 1. The van der Waals surface area contributed by atoms with E-state index in [0.717, 1.165) is 13.3 Å². The predicted octanol–water partition coefficient (Wildman–Crippen LogP) is 1.99. The van der Waals surface area contributed by atoms with Crippen LogP contribution in [0.15, 0.2) is 6.20 Å². The van der Waals surface area contributed by atoms with E-state index in [1.54, 1.807) is 22.6 Å². The molecule has 0 aliphatic heterocycles. The lowest BCUT2D eigenvalue weighted by Gasteiger charge is -2.09. The second-order valence-corrected chi connectivity index (χ2v) is 3.60. The van der Waals surface area contributed by atoms with Crippen molar-refractivity contribution in [1.82, 2.24) is 4.98 Å². The van der Waals surface area contributed by atoms with E-state index in [9.17, 15) is 13.6 Å². The Labute approximate surface area is 98.0 Å². The summed E-state index contributed by atoms with van der Waals surface area (Å²) in [4.78, 5) is 14.8. The van der Waals surface area contributed by atoms with Crippen LogP contribution in [0.5, 0.6) is 0 Å². The molecule has 0 bridgehead atoms.